The molecule has 1 heterocycles. The number of hydrogen-bond donors (Lipinski definition) is 1. The average Bonchev–Trinajstić information content (AvgIpc) is 3.03. The van der Waals surface area contributed by atoms with Gasteiger partial charge in [0.05, 0.1) is 0 Å². The molecule has 0 aromatic heterocycles. The average molecular weight is 220 g/mol. The summed E-state index contributed by atoms with van der Waals surface area (Å²) >= 11 is 0. The quantitative estimate of drug-likeness (QED) is 0.727. The van der Waals surface area contributed by atoms with Gasteiger partial charge in [0, 0.05) is 12.3 Å². The molecule has 2 fully saturated rings. The van der Waals surface area contributed by atoms with Gasteiger partial charge in [-0.15, -0.1) is 0 Å². The van der Waals surface area contributed by atoms with E-state index < -0.39 is 0 Å². The first kappa shape index (κ1) is 11.7. The lowest BCUT2D eigenvalue weighted by atomic mass is 9.56. The van der Waals surface area contributed by atoms with Crippen LogP contribution in [0.3, 0.4) is 0 Å². The fourth-order valence-electron chi connectivity index (χ4n) is 2.38. The second-order valence-electron chi connectivity index (χ2n) is 5.21. The van der Waals surface area contributed by atoms with Gasteiger partial charge in [0.15, 0.2) is 0 Å². The summed E-state index contributed by atoms with van der Waals surface area (Å²) in [5.74, 6) is 1.55. The first-order valence-electron chi connectivity index (χ1n) is 6.28. The van der Waals surface area contributed by atoms with Crippen molar-refractivity contribution in [1.29, 1.82) is 0 Å². The number of Topliss-reactive ketones (excluding diaryl/α,β-unsaturated/α-hetero) is 1. The largest absolute Gasteiger partial charge is 0.361 e. The van der Waals surface area contributed by atoms with Gasteiger partial charge in [-0.25, -0.2) is 0 Å². The van der Waals surface area contributed by atoms with E-state index >= 15 is 0 Å². The molecule has 1 radical (unpaired) electrons. The summed E-state index contributed by atoms with van der Waals surface area (Å²) in [4.78, 5) is 22.5. The van der Waals surface area contributed by atoms with E-state index in [1.54, 1.807) is 6.92 Å². The van der Waals surface area contributed by atoms with Crippen molar-refractivity contribution in [3.05, 3.63) is 0 Å². The molecule has 1 aliphatic heterocycles. The van der Waals surface area contributed by atoms with Crippen LogP contribution in [0, 0.1) is 11.8 Å². The molecule has 0 aromatic rings. The van der Waals surface area contributed by atoms with E-state index in [2.05, 4.69) is 12.6 Å². The van der Waals surface area contributed by atoms with Crippen LogP contribution in [-0.2, 0) is 9.59 Å². The van der Waals surface area contributed by atoms with Crippen molar-refractivity contribution in [2.45, 2.75) is 51.3 Å². The number of carbonyl (C=O) groups is 2. The van der Waals surface area contributed by atoms with Crippen molar-refractivity contribution in [3.63, 3.8) is 0 Å². The molecule has 2 rings (SSSR count). The van der Waals surface area contributed by atoms with Gasteiger partial charge in [-0.3, -0.25) is 4.79 Å². The molecule has 1 saturated heterocycles. The Morgan fingerprint density at radius 3 is 2.50 bits per heavy atom. The first-order chi connectivity index (χ1) is 7.65. The smallest absolute Gasteiger partial charge is 0.222 e. The van der Waals surface area contributed by atoms with Crippen molar-refractivity contribution in [2.75, 3.05) is 0 Å². The summed E-state index contributed by atoms with van der Waals surface area (Å²) in [6.45, 7) is 1.65. The van der Waals surface area contributed by atoms with Crippen LogP contribution in [-0.4, -0.2) is 24.9 Å². The Kier molecular flexibility index (Phi) is 3.67. The molecule has 2 atom stereocenters. The van der Waals surface area contributed by atoms with Gasteiger partial charge >= 0.3 is 0 Å². The highest BCUT2D eigenvalue weighted by Gasteiger charge is 2.32. The Balaban J connectivity index is 1.68. The molecule has 1 aliphatic carbocycles. The molecule has 16 heavy (non-hydrogen) atoms. The van der Waals surface area contributed by atoms with E-state index in [1.165, 1.54) is 0 Å². The Hall–Kier alpha value is -0.795. The van der Waals surface area contributed by atoms with Gasteiger partial charge in [0.1, 0.15) is 13.1 Å². The number of ketones is 1. The van der Waals surface area contributed by atoms with Crippen LogP contribution in [0.1, 0.15) is 39.0 Å². The van der Waals surface area contributed by atoms with Crippen molar-refractivity contribution in [1.82, 2.24) is 5.32 Å². The Morgan fingerprint density at radius 1 is 1.25 bits per heavy atom. The number of nitrogens with one attached hydrogen (secondary N) is 1. The van der Waals surface area contributed by atoms with E-state index in [4.69, 9.17) is 0 Å². The first-order valence-corrected chi connectivity index (χ1v) is 6.28. The van der Waals surface area contributed by atoms with Crippen LogP contribution >= 0.6 is 0 Å². The molecule has 1 N–H and O–H groups in total. The van der Waals surface area contributed by atoms with Gasteiger partial charge in [-0.1, -0.05) is 6.32 Å². The number of hydrogen-bond acceptors (Lipinski definition) is 2. The fraction of sp³-hybridized carbons (Fsp3) is 0.833. The summed E-state index contributed by atoms with van der Waals surface area (Å²) in [5, 5.41) is 3.08. The van der Waals surface area contributed by atoms with Gasteiger partial charge in [0.2, 0.25) is 5.91 Å². The van der Waals surface area contributed by atoms with Gasteiger partial charge in [-0.05, 0) is 44.5 Å². The summed E-state index contributed by atoms with van der Waals surface area (Å²) < 4.78 is 0. The van der Waals surface area contributed by atoms with Crippen LogP contribution in [0.2, 0.25) is 6.32 Å². The predicted octanol–water partition coefficient (Wildman–Crippen LogP) is 1.35. The molecule has 0 aromatic carbocycles. The molecule has 87 valence electrons. The second-order valence-corrected chi connectivity index (χ2v) is 5.21. The maximum absolute atomic E-state index is 11.5. The van der Waals surface area contributed by atoms with E-state index in [1.807, 2.05) is 0 Å². The molecule has 0 spiro atoms. The number of rotatable bonds is 4. The Bertz CT molecular complexity index is 281. The highest BCUT2D eigenvalue weighted by molar-refractivity contribution is 6.38. The molecule has 0 bridgehead atoms. The maximum Gasteiger partial charge on any atom is 0.222 e. The fourth-order valence-corrected chi connectivity index (χ4v) is 2.38. The second kappa shape index (κ2) is 5.02. The number of carbonyl (C=O) groups excluding carboxylic acids is 2. The van der Waals surface area contributed by atoms with Crippen molar-refractivity contribution >= 4 is 19.0 Å². The van der Waals surface area contributed by atoms with E-state index in [-0.39, 0.29) is 17.6 Å². The van der Waals surface area contributed by atoms with Gasteiger partial charge in [-0.2, -0.15) is 0 Å². The van der Waals surface area contributed by atoms with Crippen molar-refractivity contribution in [2.24, 2.45) is 11.8 Å². The van der Waals surface area contributed by atoms with Crippen molar-refractivity contribution < 1.29 is 9.59 Å². The third-order valence-corrected chi connectivity index (χ3v) is 3.49. The van der Waals surface area contributed by atoms with E-state index in [0.717, 1.165) is 32.0 Å². The number of amides is 1. The topological polar surface area (TPSA) is 46.2 Å². The van der Waals surface area contributed by atoms with Crippen LogP contribution < -0.4 is 5.32 Å². The predicted molar refractivity (Wildman–Crippen MR) is 63.2 cm³/mol. The van der Waals surface area contributed by atoms with Gasteiger partial charge < -0.3 is 10.1 Å². The molecule has 2 unspecified atom stereocenters. The standard InChI is InChI=1S/C12H19BNO2/c1-8(15)6-9-2-5-11(13-7-9)14-12(16)10-3-4-10/h9-11H,2-7H2,1H3,(H,14,16). The minimum Gasteiger partial charge on any atom is -0.361 e. The van der Waals surface area contributed by atoms with Crippen LogP contribution in [0.5, 0.6) is 0 Å². The zero-order valence-corrected chi connectivity index (χ0v) is 9.87. The highest BCUT2D eigenvalue weighted by Crippen LogP contribution is 2.30. The summed E-state index contributed by atoms with van der Waals surface area (Å²) in [7, 11) is 2.18. The van der Waals surface area contributed by atoms with Crippen LogP contribution in [0.4, 0.5) is 0 Å². The lowest BCUT2D eigenvalue weighted by molar-refractivity contribution is -0.122. The normalized spacial score (nSPS) is 29.3. The maximum atomic E-state index is 11.5. The summed E-state index contributed by atoms with van der Waals surface area (Å²) in [6, 6.07) is 0. The monoisotopic (exact) mass is 220 g/mol. The minimum atomic E-state index is 0.228. The lowest BCUT2D eigenvalue weighted by Gasteiger charge is -2.28. The lowest BCUT2D eigenvalue weighted by Crippen LogP contribution is -2.43. The highest BCUT2D eigenvalue weighted by atomic mass is 16.2. The zero-order chi connectivity index (χ0) is 11.5. The molecule has 2 aliphatic rings. The summed E-state index contributed by atoms with van der Waals surface area (Å²) in [6.07, 6.45) is 5.84. The van der Waals surface area contributed by atoms with E-state index in [0.29, 0.717) is 18.3 Å². The van der Waals surface area contributed by atoms with Gasteiger partial charge in [0.25, 0.3) is 0 Å². The SMILES string of the molecule is CC(=O)CC1C[B]C(NC(=O)C2CC2)CC1. The molecule has 1 saturated carbocycles. The minimum absolute atomic E-state index is 0.228. The molecule has 3 nitrogen and oxygen atoms in total. The van der Waals surface area contributed by atoms with E-state index in [9.17, 15) is 9.59 Å². The molecular formula is C12H19BNO2. The van der Waals surface area contributed by atoms with Crippen LogP contribution in [0.25, 0.3) is 0 Å². The molecule has 4 heteroatoms. The Morgan fingerprint density at radius 2 is 2.00 bits per heavy atom. The van der Waals surface area contributed by atoms with Crippen molar-refractivity contribution in [3.8, 4) is 0 Å². The third-order valence-electron chi connectivity index (χ3n) is 3.49. The molecular weight excluding hydrogens is 201 g/mol. The Labute approximate surface area is 97.6 Å². The van der Waals surface area contributed by atoms with Crippen LogP contribution in [0.15, 0.2) is 0 Å². The third kappa shape index (κ3) is 3.36. The summed E-state index contributed by atoms with van der Waals surface area (Å²) in [5.41, 5.74) is 0. The zero-order valence-electron chi connectivity index (χ0n) is 9.87. The molecule has 1 amide bonds.